The average molecular weight is 361 g/mol. The SMILES string of the molecule is O=C1CC(c2nc(-c3cccs3)no2)CN1Cc1ccc(F)cc1F. The Kier molecular flexibility index (Phi) is 4.04. The predicted octanol–water partition coefficient (Wildman–Crippen LogP) is 3.59. The number of rotatable bonds is 4. The third kappa shape index (κ3) is 3.17. The van der Waals surface area contributed by atoms with Crippen LogP contribution < -0.4 is 0 Å². The number of halogens is 2. The van der Waals surface area contributed by atoms with Crippen molar-refractivity contribution in [2.75, 3.05) is 6.54 Å². The lowest BCUT2D eigenvalue weighted by molar-refractivity contribution is -0.128. The van der Waals surface area contributed by atoms with Crippen LogP contribution >= 0.6 is 11.3 Å². The third-order valence-electron chi connectivity index (χ3n) is 4.12. The molecule has 1 atom stereocenters. The molecule has 4 rings (SSSR count). The van der Waals surface area contributed by atoms with Gasteiger partial charge in [-0.25, -0.2) is 8.78 Å². The Morgan fingerprint density at radius 2 is 2.20 bits per heavy atom. The van der Waals surface area contributed by atoms with Crippen LogP contribution in [0.3, 0.4) is 0 Å². The first-order chi connectivity index (χ1) is 12.1. The fourth-order valence-corrected chi connectivity index (χ4v) is 3.50. The molecule has 1 aliphatic heterocycles. The summed E-state index contributed by atoms with van der Waals surface area (Å²) < 4.78 is 32.1. The molecule has 1 unspecified atom stereocenters. The van der Waals surface area contributed by atoms with Crippen molar-refractivity contribution in [1.82, 2.24) is 15.0 Å². The zero-order chi connectivity index (χ0) is 17.4. The number of nitrogens with zero attached hydrogens (tertiary/aromatic N) is 3. The largest absolute Gasteiger partial charge is 0.339 e. The fraction of sp³-hybridized carbons (Fsp3) is 0.235. The summed E-state index contributed by atoms with van der Waals surface area (Å²) in [5, 5.41) is 5.87. The Labute approximate surface area is 145 Å². The van der Waals surface area contributed by atoms with Gasteiger partial charge in [-0.2, -0.15) is 4.98 Å². The number of hydrogen-bond donors (Lipinski definition) is 0. The molecule has 0 saturated carbocycles. The highest BCUT2D eigenvalue weighted by Crippen LogP contribution is 2.30. The second-order valence-corrected chi connectivity index (χ2v) is 6.79. The Morgan fingerprint density at radius 1 is 1.32 bits per heavy atom. The van der Waals surface area contributed by atoms with Crippen molar-refractivity contribution < 1.29 is 18.1 Å². The summed E-state index contributed by atoms with van der Waals surface area (Å²) in [5.41, 5.74) is 0.278. The minimum atomic E-state index is -0.658. The fourth-order valence-electron chi connectivity index (χ4n) is 2.85. The summed E-state index contributed by atoms with van der Waals surface area (Å²) in [7, 11) is 0. The number of amides is 1. The lowest BCUT2D eigenvalue weighted by atomic mass is 10.1. The number of carbonyl (C=O) groups is 1. The van der Waals surface area contributed by atoms with Gasteiger partial charge in [0, 0.05) is 31.1 Å². The van der Waals surface area contributed by atoms with Crippen LogP contribution in [0.5, 0.6) is 0 Å². The highest BCUT2D eigenvalue weighted by atomic mass is 32.1. The maximum absolute atomic E-state index is 13.8. The first-order valence-corrected chi connectivity index (χ1v) is 8.57. The van der Waals surface area contributed by atoms with E-state index < -0.39 is 11.6 Å². The molecule has 8 heteroatoms. The topological polar surface area (TPSA) is 59.2 Å². The van der Waals surface area contributed by atoms with Gasteiger partial charge in [0.2, 0.25) is 17.6 Å². The molecule has 0 spiro atoms. The molecular weight excluding hydrogens is 348 g/mol. The predicted molar refractivity (Wildman–Crippen MR) is 86.7 cm³/mol. The number of aromatic nitrogens is 2. The van der Waals surface area contributed by atoms with Gasteiger partial charge in [-0.15, -0.1) is 11.3 Å². The molecule has 2 aromatic heterocycles. The molecule has 1 amide bonds. The zero-order valence-corrected chi connectivity index (χ0v) is 13.8. The lowest BCUT2D eigenvalue weighted by Crippen LogP contribution is -2.25. The second kappa shape index (κ2) is 6.36. The van der Waals surface area contributed by atoms with E-state index in [9.17, 15) is 13.6 Å². The Balaban J connectivity index is 1.48. The Bertz CT molecular complexity index is 911. The van der Waals surface area contributed by atoms with Crippen LogP contribution in [0.4, 0.5) is 8.78 Å². The highest BCUT2D eigenvalue weighted by Gasteiger charge is 2.34. The van der Waals surface area contributed by atoms with Crippen LogP contribution in [0.2, 0.25) is 0 Å². The summed E-state index contributed by atoms with van der Waals surface area (Å²) in [5.74, 6) is -0.742. The average Bonchev–Trinajstić information content (AvgIpc) is 3.31. The molecule has 1 aliphatic rings. The van der Waals surface area contributed by atoms with Crippen LogP contribution in [0.1, 0.15) is 23.8 Å². The maximum atomic E-state index is 13.8. The molecular formula is C17H13F2N3O2S. The number of hydrogen-bond acceptors (Lipinski definition) is 5. The van der Waals surface area contributed by atoms with Crippen molar-refractivity contribution in [1.29, 1.82) is 0 Å². The van der Waals surface area contributed by atoms with Crippen molar-refractivity contribution in [2.24, 2.45) is 0 Å². The lowest BCUT2D eigenvalue weighted by Gasteiger charge is -2.16. The van der Waals surface area contributed by atoms with Crippen LogP contribution in [-0.4, -0.2) is 27.5 Å². The molecule has 1 fully saturated rings. The van der Waals surface area contributed by atoms with E-state index in [1.807, 2.05) is 17.5 Å². The molecule has 25 heavy (non-hydrogen) atoms. The van der Waals surface area contributed by atoms with Crippen LogP contribution in [0, 0.1) is 11.6 Å². The molecule has 0 bridgehead atoms. The minimum Gasteiger partial charge on any atom is -0.339 e. The zero-order valence-electron chi connectivity index (χ0n) is 13.0. The van der Waals surface area contributed by atoms with Crippen molar-refractivity contribution in [3.8, 4) is 10.7 Å². The van der Waals surface area contributed by atoms with E-state index in [0.29, 0.717) is 18.3 Å². The summed E-state index contributed by atoms with van der Waals surface area (Å²) in [6.45, 7) is 0.453. The quantitative estimate of drug-likeness (QED) is 0.713. The van der Waals surface area contributed by atoms with Gasteiger partial charge in [0.05, 0.1) is 10.8 Å². The van der Waals surface area contributed by atoms with E-state index in [4.69, 9.17) is 4.52 Å². The summed E-state index contributed by atoms with van der Waals surface area (Å²) in [4.78, 5) is 19.0. The van der Waals surface area contributed by atoms with E-state index in [1.165, 1.54) is 28.4 Å². The van der Waals surface area contributed by atoms with E-state index >= 15 is 0 Å². The van der Waals surface area contributed by atoms with Gasteiger partial charge in [0.25, 0.3) is 0 Å². The number of carbonyl (C=O) groups excluding carboxylic acids is 1. The van der Waals surface area contributed by atoms with Gasteiger partial charge in [-0.3, -0.25) is 4.79 Å². The monoisotopic (exact) mass is 361 g/mol. The van der Waals surface area contributed by atoms with E-state index in [0.717, 1.165) is 10.9 Å². The first-order valence-electron chi connectivity index (χ1n) is 7.69. The van der Waals surface area contributed by atoms with E-state index in [-0.39, 0.29) is 30.4 Å². The van der Waals surface area contributed by atoms with Gasteiger partial charge in [0.1, 0.15) is 11.6 Å². The van der Waals surface area contributed by atoms with Gasteiger partial charge in [0.15, 0.2) is 0 Å². The van der Waals surface area contributed by atoms with Crippen molar-refractivity contribution in [3.63, 3.8) is 0 Å². The van der Waals surface area contributed by atoms with Crippen molar-refractivity contribution in [2.45, 2.75) is 18.9 Å². The minimum absolute atomic E-state index is 0.0906. The second-order valence-electron chi connectivity index (χ2n) is 5.84. The Hall–Kier alpha value is -2.61. The summed E-state index contributed by atoms with van der Waals surface area (Å²) in [6.07, 6.45) is 0.231. The molecule has 1 saturated heterocycles. The smallest absolute Gasteiger partial charge is 0.232 e. The molecule has 5 nitrogen and oxygen atoms in total. The van der Waals surface area contributed by atoms with Gasteiger partial charge in [-0.05, 0) is 17.5 Å². The van der Waals surface area contributed by atoms with E-state index in [1.54, 1.807) is 0 Å². The standard InChI is InChI=1S/C17H13F2N3O2S/c18-12-4-3-10(13(19)7-12)8-22-9-11(6-15(22)23)17-20-16(21-24-17)14-2-1-5-25-14/h1-5,7,11H,6,8-9H2. The molecule has 0 N–H and O–H groups in total. The molecule has 0 radical (unpaired) electrons. The van der Waals surface area contributed by atoms with Crippen molar-refractivity contribution >= 4 is 17.2 Å². The highest BCUT2D eigenvalue weighted by molar-refractivity contribution is 7.13. The number of thiophene rings is 1. The number of likely N-dealkylation sites (tertiary alicyclic amines) is 1. The maximum Gasteiger partial charge on any atom is 0.232 e. The molecule has 128 valence electrons. The van der Waals surface area contributed by atoms with Gasteiger partial charge < -0.3 is 9.42 Å². The normalized spacial score (nSPS) is 17.4. The summed E-state index contributed by atoms with van der Waals surface area (Å²) >= 11 is 1.50. The molecule has 0 aliphatic carbocycles. The van der Waals surface area contributed by atoms with Gasteiger partial charge in [-0.1, -0.05) is 17.3 Å². The van der Waals surface area contributed by atoms with Crippen molar-refractivity contribution in [3.05, 3.63) is 58.8 Å². The third-order valence-corrected chi connectivity index (χ3v) is 4.99. The molecule has 1 aromatic carbocycles. The van der Waals surface area contributed by atoms with Crippen LogP contribution in [0.25, 0.3) is 10.7 Å². The Morgan fingerprint density at radius 3 is 2.96 bits per heavy atom. The van der Waals surface area contributed by atoms with Gasteiger partial charge >= 0.3 is 0 Å². The van der Waals surface area contributed by atoms with Crippen LogP contribution in [0.15, 0.2) is 40.2 Å². The molecule has 3 heterocycles. The first kappa shape index (κ1) is 15.9. The molecule has 3 aromatic rings. The summed E-state index contributed by atoms with van der Waals surface area (Å²) in [6, 6.07) is 7.14. The van der Waals surface area contributed by atoms with Crippen LogP contribution in [-0.2, 0) is 11.3 Å². The number of benzene rings is 1. The van der Waals surface area contributed by atoms with E-state index in [2.05, 4.69) is 10.1 Å².